The highest BCUT2D eigenvalue weighted by molar-refractivity contribution is 6.13. The van der Waals surface area contributed by atoms with Crippen LogP contribution >= 0.6 is 11.8 Å². The summed E-state index contributed by atoms with van der Waals surface area (Å²) in [6.45, 7) is 0.452. The molecule has 2 heterocycles. The fourth-order valence-corrected chi connectivity index (χ4v) is 3.21. The first-order chi connectivity index (χ1) is 18.0. The number of aromatic carboxylic acids is 1. The van der Waals surface area contributed by atoms with Crippen molar-refractivity contribution in [2.45, 2.75) is 13.1 Å². The van der Waals surface area contributed by atoms with Crippen molar-refractivity contribution < 1.29 is 28.6 Å². The molecule has 0 aliphatic heterocycles. The second-order valence-corrected chi connectivity index (χ2v) is 7.64. The highest BCUT2D eigenvalue weighted by Crippen LogP contribution is 2.15. The number of anilines is 2. The molecule has 0 radical (unpaired) electrons. The Hall–Kier alpha value is -4.96. The number of carboxylic acids is 1. The fourth-order valence-electron chi connectivity index (χ4n) is 3.05. The summed E-state index contributed by atoms with van der Waals surface area (Å²) >= 11 is 5.38. The summed E-state index contributed by atoms with van der Waals surface area (Å²) in [6, 6.07) is 5.48. The molecule has 2 aromatic carbocycles. The fraction of sp³-hybridized carbons (Fsp3) is 0.143. The van der Waals surface area contributed by atoms with Gasteiger partial charge in [-0.15, -0.1) is 5.10 Å². The molecule has 0 spiro atoms. The number of carboxylic acid groups (broad SMARTS) is 1. The van der Waals surface area contributed by atoms with Gasteiger partial charge in [0.15, 0.2) is 11.4 Å². The molecule has 0 fully saturated rings. The number of nitrogen functional groups attached to an aromatic ring is 1. The zero-order chi connectivity index (χ0) is 28.1. The van der Waals surface area contributed by atoms with Crippen LogP contribution in [0.2, 0.25) is 0 Å². The highest BCUT2D eigenvalue weighted by Gasteiger charge is 2.21. The van der Waals surface area contributed by atoms with Gasteiger partial charge < -0.3 is 26.6 Å². The van der Waals surface area contributed by atoms with Crippen LogP contribution in [-0.4, -0.2) is 49.6 Å². The molecule has 2 aromatic heterocycles. The third-order valence-electron chi connectivity index (χ3n) is 4.93. The molecule has 0 atom stereocenters. The van der Waals surface area contributed by atoms with Crippen molar-refractivity contribution in [2.24, 2.45) is 5.73 Å². The molecular formula is C21H18ClFN8O7. The summed E-state index contributed by atoms with van der Waals surface area (Å²) in [7, 11) is 1.11. The first kappa shape index (κ1) is 27.6. The number of nitrogens with zero attached hydrogens (tertiary/aromatic N) is 4. The standard InChI is InChI=1S/C12H11ClFN3O2.C9H7N5O5/c13-17-4-6-1-2-8(14)7(3-6)5-16-10-9(15)11(18)12(10)19;1-19-8(18)4-2-3(7(16)17)11-9-12-6(5(10)15)13-14(4)9/h1-3,16-17H,4-5,15H2;2H,1H3,(H2,10,15)(H,16,17). The van der Waals surface area contributed by atoms with Crippen molar-refractivity contribution in [3.05, 3.63) is 78.9 Å². The molecule has 0 aliphatic carbocycles. The summed E-state index contributed by atoms with van der Waals surface area (Å²) in [6.07, 6.45) is 0. The number of nitrogens with one attached hydrogen (secondary N) is 2. The van der Waals surface area contributed by atoms with E-state index in [0.717, 1.165) is 23.3 Å². The topological polar surface area (TPSA) is 234 Å². The zero-order valence-corrected chi connectivity index (χ0v) is 20.1. The molecule has 198 valence electrons. The lowest BCUT2D eigenvalue weighted by Gasteiger charge is -2.11. The number of rotatable bonds is 8. The number of methoxy groups -OCH3 is 1. The Morgan fingerprint density at radius 2 is 1.87 bits per heavy atom. The number of carbonyl (C=O) groups excluding carboxylic acids is 2. The molecule has 4 aromatic rings. The quantitative estimate of drug-likeness (QED) is 0.107. The van der Waals surface area contributed by atoms with E-state index in [2.05, 4.69) is 30.0 Å². The summed E-state index contributed by atoms with van der Waals surface area (Å²) in [5, 5.41) is 15.2. The van der Waals surface area contributed by atoms with Crippen LogP contribution in [0.4, 0.5) is 15.8 Å². The minimum atomic E-state index is -1.36. The Morgan fingerprint density at radius 1 is 1.16 bits per heavy atom. The lowest BCUT2D eigenvalue weighted by molar-refractivity contribution is 0.0590. The minimum absolute atomic E-state index is 0.0465. The molecule has 0 aliphatic rings. The molecule has 17 heteroatoms. The Bertz CT molecular complexity index is 1630. The van der Waals surface area contributed by atoms with Gasteiger partial charge in [-0.2, -0.15) is 9.50 Å². The minimum Gasteiger partial charge on any atom is -0.477 e. The van der Waals surface area contributed by atoms with Gasteiger partial charge in [0.05, 0.1) is 7.11 Å². The van der Waals surface area contributed by atoms with E-state index in [0.29, 0.717) is 12.1 Å². The number of hydrogen-bond acceptors (Lipinski definition) is 12. The van der Waals surface area contributed by atoms with E-state index in [1.54, 1.807) is 12.1 Å². The smallest absolute Gasteiger partial charge is 0.356 e. The molecule has 7 N–H and O–H groups in total. The van der Waals surface area contributed by atoms with Gasteiger partial charge in [-0.05, 0) is 29.5 Å². The molecule has 4 rings (SSSR count). The maximum absolute atomic E-state index is 13.6. The summed E-state index contributed by atoms with van der Waals surface area (Å²) in [5.74, 6) is -4.19. The van der Waals surface area contributed by atoms with Crippen molar-refractivity contribution in [1.82, 2.24) is 24.4 Å². The van der Waals surface area contributed by atoms with E-state index >= 15 is 0 Å². The second-order valence-electron chi connectivity index (χ2n) is 7.37. The molecule has 0 saturated carbocycles. The van der Waals surface area contributed by atoms with Gasteiger partial charge >= 0.3 is 11.9 Å². The predicted octanol–water partition coefficient (Wildman–Crippen LogP) is -0.433. The maximum Gasteiger partial charge on any atom is 0.356 e. The molecule has 0 bridgehead atoms. The summed E-state index contributed by atoms with van der Waals surface area (Å²) in [5.41, 5.74) is 9.41. The molecule has 38 heavy (non-hydrogen) atoms. The Morgan fingerprint density at radius 3 is 2.45 bits per heavy atom. The number of benzene rings is 1. The van der Waals surface area contributed by atoms with Crippen LogP contribution in [0.1, 0.15) is 42.7 Å². The van der Waals surface area contributed by atoms with Crippen LogP contribution in [0.5, 0.6) is 0 Å². The van der Waals surface area contributed by atoms with E-state index in [-0.39, 0.29) is 35.2 Å². The van der Waals surface area contributed by atoms with Gasteiger partial charge in [-0.3, -0.25) is 14.4 Å². The van der Waals surface area contributed by atoms with Gasteiger partial charge in [0.1, 0.15) is 17.2 Å². The third-order valence-corrected chi connectivity index (χ3v) is 5.06. The van der Waals surface area contributed by atoms with Crippen LogP contribution < -0.4 is 32.5 Å². The molecule has 0 unspecified atom stereocenters. The van der Waals surface area contributed by atoms with Crippen molar-refractivity contribution in [2.75, 3.05) is 18.2 Å². The van der Waals surface area contributed by atoms with Crippen molar-refractivity contribution >= 4 is 46.8 Å². The van der Waals surface area contributed by atoms with E-state index in [1.165, 1.54) is 6.07 Å². The monoisotopic (exact) mass is 548 g/mol. The van der Waals surface area contributed by atoms with Gasteiger partial charge in [0, 0.05) is 24.7 Å². The second kappa shape index (κ2) is 11.4. The highest BCUT2D eigenvalue weighted by atomic mass is 35.5. The van der Waals surface area contributed by atoms with Crippen molar-refractivity contribution in [3.63, 3.8) is 0 Å². The number of carbonyl (C=O) groups is 3. The number of hydrogen-bond donors (Lipinski definition) is 5. The van der Waals surface area contributed by atoms with E-state index in [9.17, 15) is 28.4 Å². The van der Waals surface area contributed by atoms with E-state index in [4.69, 9.17) is 28.4 Å². The number of primary amides is 1. The first-order valence-electron chi connectivity index (χ1n) is 10.3. The van der Waals surface area contributed by atoms with E-state index < -0.39 is 40.2 Å². The number of nitrogens with two attached hydrogens (primary N) is 2. The van der Waals surface area contributed by atoms with E-state index in [1.807, 2.05) is 0 Å². The van der Waals surface area contributed by atoms with Crippen LogP contribution in [0.15, 0.2) is 33.9 Å². The lowest BCUT2D eigenvalue weighted by Crippen LogP contribution is -2.37. The van der Waals surface area contributed by atoms with Crippen LogP contribution in [0.25, 0.3) is 5.78 Å². The third kappa shape index (κ3) is 5.71. The largest absolute Gasteiger partial charge is 0.477 e. The van der Waals surface area contributed by atoms with Crippen LogP contribution in [0.3, 0.4) is 0 Å². The Labute approximate surface area is 216 Å². The van der Waals surface area contributed by atoms with Gasteiger partial charge in [-0.25, -0.2) is 23.8 Å². The average molecular weight is 549 g/mol. The summed E-state index contributed by atoms with van der Waals surface area (Å²) in [4.78, 5) is 65.2. The van der Waals surface area contributed by atoms with Crippen molar-refractivity contribution in [1.29, 1.82) is 0 Å². The number of amides is 1. The SMILES string of the molecule is COC(=O)c1cc(C(=O)O)nc2nc(C(N)=O)nn12.Nc1c(NCc2cc(CNCl)ccc2F)c(=O)c1=O. The summed E-state index contributed by atoms with van der Waals surface area (Å²) < 4.78 is 18.9. The normalized spacial score (nSPS) is 10.6. The first-order valence-corrected chi connectivity index (χ1v) is 10.7. The molecular weight excluding hydrogens is 531 g/mol. The number of ether oxygens (including phenoxy) is 1. The number of halogens is 2. The number of fused-ring (bicyclic) bond motifs is 1. The van der Waals surface area contributed by atoms with Crippen LogP contribution in [0, 0.1) is 5.82 Å². The molecule has 1 amide bonds. The molecule has 0 saturated heterocycles. The van der Waals surface area contributed by atoms with Crippen molar-refractivity contribution in [3.8, 4) is 0 Å². The van der Waals surface area contributed by atoms with Gasteiger partial charge in [0.2, 0.25) is 5.82 Å². The van der Waals surface area contributed by atoms with Gasteiger partial charge in [0.25, 0.3) is 22.5 Å². The predicted molar refractivity (Wildman–Crippen MR) is 130 cm³/mol. The Kier molecular flexibility index (Phi) is 8.29. The lowest BCUT2D eigenvalue weighted by atomic mass is 10.1. The average Bonchev–Trinajstić information content (AvgIpc) is 3.34. The Balaban J connectivity index is 0.000000211. The number of aromatic nitrogens is 4. The maximum atomic E-state index is 13.6. The van der Waals surface area contributed by atoms with Crippen LogP contribution in [-0.2, 0) is 17.8 Å². The van der Waals surface area contributed by atoms with Gasteiger partial charge in [-0.1, -0.05) is 6.07 Å². The molecule has 15 nitrogen and oxygen atoms in total. The number of esters is 1. The zero-order valence-electron chi connectivity index (χ0n) is 19.3.